The zero-order valence-corrected chi connectivity index (χ0v) is 35.9. The number of esters is 1. The van der Waals surface area contributed by atoms with Crippen LogP contribution in [0.15, 0.2) is 54.7 Å². The Bertz CT molecular complexity index is 2120. The third-order valence-electron chi connectivity index (χ3n) is 10.8. The van der Waals surface area contributed by atoms with Gasteiger partial charge in [0.05, 0.1) is 24.1 Å². The Labute approximate surface area is 347 Å². The van der Waals surface area contributed by atoms with E-state index < -0.39 is 23.4 Å². The molecule has 0 radical (unpaired) electrons. The molecule has 2 aromatic carbocycles. The van der Waals surface area contributed by atoms with Crippen molar-refractivity contribution in [3.63, 3.8) is 0 Å². The number of phenols is 1. The van der Waals surface area contributed by atoms with Crippen LogP contribution in [0.5, 0.6) is 5.75 Å². The number of hydrazine groups is 2. The van der Waals surface area contributed by atoms with Gasteiger partial charge in [-0.05, 0) is 97.7 Å². The minimum absolute atomic E-state index is 0.0173. The number of aromatic nitrogens is 2. The van der Waals surface area contributed by atoms with Crippen molar-refractivity contribution < 1.29 is 33.8 Å². The Hall–Kier alpha value is -5.31. The SMILES string of the molecule is CCn1c(-c2cccnc2C(C)OC)c(CC(C)(C)COC(C)=O)c2cc(-c3cc(O)cc(CC(NC(=O)C(NN(C)C=O)C(C)C)C(=O)N4CCCCN4)c3)ccc21. The molecule has 1 saturated heterocycles. The van der Waals surface area contributed by atoms with Gasteiger partial charge in [0.1, 0.15) is 17.8 Å². The lowest BCUT2D eigenvalue weighted by molar-refractivity contribution is -0.144. The maximum Gasteiger partial charge on any atom is 0.302 e. The fourth-order valence-electron chi connectivity index (χ4n) is 7.78. The van der Waals surface area contributed by atoms with Gasteiger partial charge in [-0.3, -0.25) is 34.2 Å². The predicted octanol–water partition coefficient (Wildman–Crippen LogP) is 5.71. The summed E-state index contributed by atoms with van der Waals surface area (Å²) < 4.78 is 13.6. The van der Waals surface area contributed by atoms with E-state index in [-0.39, 0.29) is 42.7 Å². The van der Waals surface area contributed by atoms with Crippen LogP contribution >= 0.6 is 0 Å². The van der Waals surface area contributed by atoms with Crippen LogP contribution < -0.4 is 16.2 Å². The summed E-state index contributed by atoms with van der Waals surface area (Å²) in [5.74, 6) is -1.23. The fourth-order valence-corrected chi connectivity index (χ4v) is 7.78. The molecule has 3 amide bonds. The molecule has 3 heterocycles. The minimum atomic E-state index is -0.967. The largest absolute Gasteiger partial charge is 0.508 e. The van der Waals surface area contributed by atoms with Gasteiger partial charge >= 0.3 is 5.97 Å². The summed E-state index contributed by atoms with van der Waals surface area (Å²) >= 11 is 0. The van der Waals surface area contributed by atoms with Crippen LogP contribution in [0.25, 0.3) is 33.3 Å². The molecule has 4 N–H and O–H groups in total. The molecule has 3 unspecified atom stereocenters. The van der Waals surface area contributed by atoms with Crippen LogP contribution in [0, 0.1) is 11.3 Å². The first-order chi connectivity index (χ1) is 28.1. The molecule has 1 fully saturated rings. The highest BCUT2D eigenvalue weighted by molar-refractivity contribution is 5.95. The molecular formula is C45H61N7O7. The Kier molecular flexibility index (Phi) is 14.9. The van der Waals surface area contributed by atoms with Crippen molar-refractivity contribution in [3.8, 4) is 28.1 Å². The summed E-state index contributed by atoms with van der Waals surface area (Å²) in [5, 5.41) is 17.9. The number of methoxy groups -OCH3 is 1. The molecule has 5 rings (SSSR count). The van der Waals surface area contributed by atoms with E-state index in [9.17, 15) is 24.3 Å². The third kappa shape index (κ3) is 10.9. The van der Waals surface area contributed by atoms with Crippen LogP contribution in [0.1, 0.15) is 84.2 Å². The summed E-state index contributed by atoms with van der Waals surface area (Å²) in [6.07, 6.45) is 4.53. The molecule has 14 heteroatoms. The lowest BCUT2D eigenvalue weighted by atomic mass is 9.84. The van der Waals surface area contributed by atoms with E-state index in [1.807, 2.05) is 39.0 Å². The Morgan fingerprint density at radius 1 is 1.08 bits per heavy atom. The molecule has 0 spiro atoms. The molecule has 4 aromatic rings. The van der Waals surface area contributed by atoms with E-state index in [2.05, 4.69) is 59.7 Å². The summed E-state index contributed by atoms with van der Waals surface area (Å²) in [6, 6.07) is 13.7. The van der Waals surface area contributed by atoms with Crippen molar-refractivity contribution >= 4 is 35.1 Å². The first-order valence-corrected chi connectivity index (χ1v) is 20.5. The number of nitrogens with zero attached hydrogens (tertiary/aromatic N) is 4. The number of amides is 3. The molecule has 318 valence electrons. The van der Waals surface area contributed by atoms with E-state index in [1.165, 1.54) is 19.0 Å². The molecule has 1 aliphatic rings. The maximum atomic E-state index is 14.1. The van der Waals surface area contributed by atoms with Gasteiger partial charge in [0.2, 0.25) is 12.3 Å². The van der Waals surface area contributed by atoms with E-state index >= 15 is 0 Å². The smallest absolute Gasteiger partial charge is 0.302 e. The number of aryl methyl sites for hydroxylation is 1. The first kappa shape index (κ1) is 44.8. The van der Waals surface area contributed by atoms with Gasteiger partial charge in [-0.1, -0.05) is 39.8 Å². The molecule has 0 bridgehead atoms. The normalized spacial score (nSPS) is 14.8. The topological polar surface area (TPSA) is 167 Å². The van der Waals surface area contributed by atoms with Crippen molar-refractivity contribution in [1.82, 2.24) is 35.7 Å². The molecular weight excluding hydrogens is 751 g/mol. The number of hydrogen-bond donors (Lipinski definition) is 4. The van der Waals surface area contributed by atoms with Crippen LogP contribution in [0.2, 0.25) is 0 Å². The molecule has 14 nitrogen and oxygen atoms in total. The summed E-state index contributed by atoms with van der Waals surface area (Å²) in [7, 11) is 3.19. The average molecular weight is 812 g/mol. The van der Waals surface area contributed by atoms with Crippen LogP contribution in [0.3, 0.4) is 0 Å². The number of nitrogens with one attached hydrogen (secondary N) is 3. The van der Waals surface area contributed by atoms with Gasteiger partial charge in [-0.15, -0.1) is 0 Å². The van der Waals surface area contributed by atoms with Gasteiger partial charge < -0.3 is 24.5 Å². The quantitative estimate of drug-likeness (QED) is 0.0556. The second-order valence-electron chi connectivity index (χ2n) is 16.6. The summed E-state index contributed by atoms with van der Waals surface area (Å²) in [4.78, 5) is 55.9. The Balaban J connectivity index is 1.61. The van der Waals surface area contributed by atoms with E-state index in [4.69, 9.17) is 14.5 Å². The van der Waals surface area contributed by atoms with Crippen LogP contribution in [-0.2, 0) is 48.0 Å². The van der Waals surface area contributed by atoms with E-state index in [0.29, 0.717) is 38.0 Å². The zero-order chi connectivity index (χ0) is 43.0. The monoisotopic (exact) mass is 811 g/mol. The minimum Gasteiger partial charge on any atom is -0.508 e. The number of ether oxygens (including phenoxy) is 2. The van der Waals surface area contributed by atoms with Crippen LogP contribution in [0.4, 0.5) is 0 Å². The molecule has 2 aromatic heterocycles. The van der Waals surface area contributed by atoms with Crippen LogP contribution in [-0.4, -0.2) is 94.8 Å². The second-order valence-corrected chi connectivity index (χ2v) is 16.6. The summed E-state index contributed by atoms with van der Waals surface area (Å²) in [5.41, 5.74) is 12.7. The molecule has 0 aliphatic carbocycles. The van der Waals surface area contributed by atoms with Crippen molar-refractivity contribution in [1.29, 1.82) is 0 Å². The molecule has 3 atom stereocenters. The van der Waals surface area contributed by atoms with Gasteiger partial charge in [0.25, 0.3) is 5.91 Å². The molecule has 59 heavy (non-hydrogen) atoms. The summed E-state index contributed by atoms with van der Waals surface area (Å²) in [6.45, 7) is 15.4. The zero-order valence-electron chi connectivity index (χ0n) is 35.9. The number of benzene rings is 2. The average Bonchev–Trinajstić information content (AvgIpc) is 3.52. The molecule has 0 saturated carbocycles. The number of phenolic OH excluding ortho intramolecular Hbond substituents is 1. The second kappa shape index (κ2) is 19.6. The van der Waals surface area contributed by atoms with Gasteiger partial charge in [-0.2, -0.15) is 0 Å². The number of pyridine rings is 1. The highest BCUT2D eigenvalue weighted by Crippen LogP contribution is 2.42. The van der Waals surface area contributed by atoms with Crippen molar-refractivity contribution in [3.05, 3.63) is 71.5 Å². The number of carbonyl (C=O) groups is 4. The highest BCUT2D eigenvalue weighted by atomic mass is 16.5. The van der Waals surface area contributed by atoms with Crippen molar-refractivity contribution in [2.75, 3.05) is 33.9 Å². The number of rotatable bonds is 18. The fraction of sp³-hybridized carbons (Fsp3) is 0.489. The lowest BCUT2D eigenvalue weighted by Crippen LogP contribution is -2.60. The van der Waals surface area contributed by atoms with Crippen molar-refractivity contribution in [2.24, 2.45) is 11.3 Å². The number of carbonyl (C=O) groups excluding carboxylic acids is 4. The Morgan fingerprint density at radius 2 is 1.85 bits per heavy atom. The lowest BCUT2D eigenvalue weighted by Gasteiger charge is -2.33. The van der Waals surface area contributed by atoms with E-state index in [1.54, 1.807) is 30.4 Å². The van der Waals surface area contributed by atoms with Gasteiger partial charge in [-0.25, -0.2) is 10.9 Å². The molecule has 1 aliphatic heterocycles. The number of hydrogen-bond acceptors (Lipinski definition) is 10. The van der Waals surface area contributed by atoms with Gasteiger partial charge in [0.15, 0.2) is 0 Å². The first-order valence-electron chi connectivity index (χ1n) is 20.5. The Morgan fingerprint density at radius 3 is 2.49 bits per heavy atom. The maximum absolute atomic E-state index is 14.1. The highest BCUT2D eigenvalue weighted by Gasteiger charge is 2.33. The predicted molar refractivity (Wildman–Crippen MR) is 228 cm³/mol. The number of aromatic hydroxyl groups is 1. The van der Waals surface area contributed by atoms with Gasteiger partial charge in [0, 0.05) is 75.2 Å². The van der Waals surface area contributed by atoms with Crippen molar-refractivity contribution in [2.45, 2.75) is 98.9 Å². The number of fused-ring (bicyclic) bond motifs is 1. The third-order valence-corrected chi connectivity index (χ3v) is 10.8. The standard InChI is InChI=1S/C45H61N7O7/c1-10-51-39-16-15-32(24-36(39)37(25-45(6,7)26-59-30(5)54)42(51)35-14-13-17-46-41(35)29(4)58-9)33-20-31(21-34(55)23-33)22-38(44(57)52-19-12-11-18-47-52)48-43(56)40(28(2)3)49-50(8)27-53/h13-17,20-21,23-24,27-29,38,40,47,49,55H,10-12,18-19,22,25-26H2,1-9H3,(H,48,56). The van der Waals surface area contributed by atoms with E-state index in [0.717, 1.165) is 57.4 Å².